The first-order valence-corrected chi connectivity index (χ1v) is 7.05. The van der Waals surface area contributed by atoms with Crippen LogP contribution in [0.2, 0.25) is 0 Å². The molecule has 106 valence electrons. The van der Waals surface area contributed by atoms with Gasteiger partial charge in [0.15, 0.2) is 0 Å². The van der Waals surface area contributed by atoms with Gasteiger partial charge in [-0.1, -0.05) is 20.8 Å². The van der Waals surface area contributed by atoms with Crippen molar-refractivity contribution < 1.29 is 9.53 Å². The summed E-state index contributed by atoms with van der Waals surface area (Å²) in [7, 11) is 0. The minimum atomic E-state index is -0.380. The molecule has 3 heteroatoms. The lowest BCUT2D eigenvalue weighted by Gasteiger charge is -2.29. The molecule has 0 amide bonds. The predicted molar refractivity (Wildman–Crippen MR) is 74.5 cm³/mol. The number of ether oxygens (including phenoxy) is 1. The van der Waals surface area contributed by atoms with E-state index < -0.39 is 0 Å². The maximum Gasteiger partial charge on any atom is 0.323 e. The molecule has 1 fully saturated rings. The molecule has 1 heterocycles. The van der Waals surface area contributed by atoms with E-state index in [0.717, 1.165) is 32.4 Å². The lowest BCUT2D eigenvalue weighted by Crippen LogP contribution is -2.41. The highest BCUT2D eigenvalue weighted by molar-refractivity contribution is 5.76. The van der Waals surface area contributed by atoms with Crippen molar-refractivity contribution in [3.8, 4) is 0 Å². The molecule has 1 saturated heterocycles. The number of carbonyl (C=O) groups is 1. The van der Waals surface area contributed by atoms with Crippen LogP contribution < -0.4 is 0 Å². The van der Waals surface area contributed by atoms with Crippen molar-refractivity contribution in [2.75, 3.05) is 13.1 Å². The Balaban J connectivity index is 2.51. The van der Waals surface area contributed by atoms with E-state index in [2.05, 4.69) is 25.7 Å². The van der Waals surface area contributed by atoms with Crippen molar-refractivity contribution >= 4 is 5.97 Å². The monoisotopic (exact) mass is 255 g/mol. The van der Waals surface area contributed by atoms with Gasteiger partial charge in [0.1, 0.15) is 11.6 Å². The van der Waals surface area contributed by atoms with E-state index in [1.165, 1.54) is 0 Å². The van der Waals surface area contributed by atoms with E-state index in [9.17, 15) is 4.79 Å². The molecule has 3 nitrogen and oxygen atoms in total. The van der Waals surface area contributed by atoms with Gasteiger partial charge in [-0.05, 0) is 58.5 Å². The lowest BCUT2D eigenvalue weighted by atomic mass is 9.92. The number of esters is 1. The standard InChI is InChI=1S/C15H29NO2/c1-14(2,3)9-11-16-10-7-8-12(16)13(17)18-15(4,5)6/h12H,7-11H2,1-6H3. The SMILES string of the molecule is CC(C)(C)CCN1CCCC1C(=O)OC(C)(C)C. The van der Waals surface area contributed by atoms with Gasteiger partial charge in [0.2, 0.25) is 0 Å². The quantitative estimate of drug-likeness (QED) is 0.725. The van der Waals surface area contributed by atoms with E-state index in [1.807, 2.05) is 20.8 Å². The first-order chi connectivity index (χ1) is 8.08. The van der Waals surface area contributed by atoms with Gasteiger partial charge in [-0.15, -0.1) is 0 Å². The van der Waals surface area contributed by atoms with Gasteiger partial charge in [-0.2, -0.15) is 0 Å². The van der Waals surface area contributed by atoms with Gasteiger partial charge in [0.25, 0.3) is 0 Å². The summed E-state index contributed by atoms with van der Waals surface area (Å²) in [6.07, 6.45) is 3.17. The second kappa shape index (κ2) is 5.60. The van der Waals surface area contributed by atoms with Gasteiger partial charge in [-0.25, -0.2) is 0 Å². The molecule has 0 bridgehead atoms. The van der Waals surface area contributed by atoms with Gasteiger partial charge in [0, 0.05) is 0 Å². The molecule has 0 aromatic carbocycles. The van der Waals surface area contributed by atoms with Gasteiger partial charge < -0.3 is 4.74 Å². The predicted octanol–water partition coefficient (Wildman–Crippen LogP) is 3.23. The maximum absolute atomic E-state index is 12.1. The summed E-state index contributed by atoms with van der Waals surface area (Å²) in [6, 6.07) is -0.0217. The topological polar surface area (TPSA) is 29.5 Å². The molecule has 0 radical (unpaired) electrons. The lowest BCUT2D eigenvalue weighted by molar-refractivity contribution is -0.160. The second-order valence-electron chi connectivity index (χ2n) is 7.54. The zero-order valence-electron chi connectivity index (χ0n) is 12.9. The van der Waals surface area contributed by atoms with E-state index in [0.29, 0.717) is 5.41 Å². The average molecular weight is 255 g/mol. The Morgan fingerprint density at radius 1 is 1.22 bits per heavy atom. The summed E-state index contributed by atoms with van der Waals surface area (Å²) in [5.74, 6) is -0.0473. The zero-order chi connectivity index (χ0) is 14.0. The van der Waals surface area contributed by atoms with Crippen LogP contribution in [0.5, 0.6) is 0 Å². The molecular formula is C15H29NO2. The van der Waals surface area contributed by atoms with Crippen molar-refractivity contribution in [2.24, 2.45) is 5.41 Å². The molecule has 0 spiro atoms. The molecule has 1 rings (SSSR count). The molecule has 1 aliphatic rings. The fourth-order valence-corrected chi connectivity index (χ4v) is 2.21. The maximum atomic E-state index is 12.1. The van der Waals surface area contributed by atoms with E-state index in [4.69, 9.17) is 4.74 Å². The third-order valence-corrected chi connectivity index (χ3v) is 3.19. The molecule has 0 saturated carbocycles. The van der Waals surface area contributed by atoms with E-state index in [1.54, 1.807) is 0 Å². The number of carbonyl (C=O) groups excluding carboxylic acids is 1. The van der Waals surface area contributed by atoms with Crippen LogP contribution in [0.4, 0.5) is 0 Å². The van der Waals surface area contributed by atoms with Gasteiger partial charge in [0.05, 0.1) is 0 Å². The summed E-state index contributed by atoms with van der Waals surface area (Å²) < 4.78 is 5.50. The molecule has 1 atom stereocenters. The average Bonchev–Trinajstić information content (AvgIpc) is 2.58. The Morgan fingerprint density at radius 2 is 1.83 bits per heavy atom. The third kappa shape index (κ3) is 5.38. The first-order valence-electron chi connectivity index (χ1n) is 7.05. The van der Waals surface area contributed by atoms with Crippen LogP contribution >= 0.6 is 0 Å². The van der Waals surface area contributed by atoms with Crippen molar-refractivity contribution in [3.05, 3.63) is 0 Å². The zero-order valence-corrected chi connectivity index (χ0v) is 12.9. The van der Waals surface area contributed by atoms with Crippen LogP contribution in [0, 0.1) is 5.41 Å². The van der Waals surface area contributed by atoms with Crippen molar-refractivity contribution in [1.82, 2.24) is 4.90 Å². The second-order valence-corrected chi connectivity index (χ2v) is 7.54. The highest BCUT2D eigenvalue weighted by Gasteiger charge is 2.34. The summed E-state index contributed by atoms with van der Waals surface area (Å²) in [6.45, 7) is 14.5. The molecular weight excluding hydrogens is 226 g/mol. The fraction of sp³-hybridized carbons (Fsp3) is 0.933. The van der Waals surface area contributed by atoms with Crippen molar-refractivity contribution in [3.63, 3.8) is 0 Å². The Morgan fingerprint density at radius 3 is 2.33 bits per heavy atom. The summed E-state index contributed by atoms with van der Waals surface area (Å²) >= 11 is 0. The summed E-state index contributed by atoms with van der Waals surface area (Å²) in [4.78, 5) is 14.4. The molecule has 1 aliphatic heterocycles. The van der Waals surface area contributed by atoms with Crippen LogP contribution in [0.3, 0.4) is 0 Å². The molecule has 18 heavy (non-hydrogen) atoms. The normalized spacial score (nSPS) is 22.2. The minimum absolute atomic E-state index is 0.0217. The highest BCUT2D eigenvalue weighted by atomic mass is 16.6. The van der Waals surface area contributed by atoms with Gasteiger partial charge >= 0.3 is 5.97 Å². The Labute approximate surface area is 112 Å². The van der Waals surface area contributed by atoms with Crippen LogP contribution in [0.25, 0.3) is 0 Å². The van der Waals surface area contributed by atoms with Gasteiger partial charge in [-0.3, -0.25) is 9.69 Å². The third-order valence-electron chi connectivity index (χ3n) is 3.19. The Bertz CT molecular complexity index is 286. The van der Waals surface area contributed by atoms with Crippen LogP contribution in [0.15, 0.2) is 0 Å². The largest absolute Gasteiger partial charge is 0.459 e. The van der Waals surface area contributed by atoms with E-state index in [-0.39, 0.29) is 17.6 Å². The number of hydrogen-bond donors (Lipinski definition) is 0. The highest BCUT2D eigenvalue weighted by Crippen LogP contribution is 2.25. The first kappa shape index (κ1) is 15.5. The Kier molecular flexibility index (Phi) is 4.82. The fourth-order valence-electron chi connectivity index (χ4n) is 2.21. The smallest absolute Gasteiger partial charge is 0.323 e. The summed E-state index contributed by atoms with van der Waals surface area (Å²) in [5.41, 5.74) is -0.0591. The number of likely N-dealkylation sites (tertiary alicyclic amines) is 1. The molecule has 0 aliphatic carbocycles. The van der Waals surface area contributed by atoms with E-state index >= 15 is 0 Å². The number of nitrogens with zero attached hydrogens (tertiary/aromatic N) is 1. The molecule has 0 aromatic heterocycles. The molecule has 1 unspecified atom stereocenters. The summed E-state index contributed by atoms with van der Waals surface area (Å²) in [5, 5.41) is 0. The van der Waals surface area contributed by atoms with Crippen LogP contribution in [0.1, 0.15) is 60.8 Å². The minimum Gasteiger partial charge on any atom is -0.459 e. The van der Waals surface area contributed by atoms with Crippen LogP contribution in [-0.2, 0) is 9.53 Å². The van der Waals surface area contributed by atoms with Crippen LogP contribution in [-0.4, -0.2) is 35.6 Å². The Hall–Kier alpha value is -0.570. The number of hydrogen-bond acceptors (Lipinski definition) is 3. The molecule has 0 N–H and O–H groups in total. The number of rotatable bonds is 3. The van der Waals surface area contributed by atoms with Crippen molar-refractivity contribution in [2.45, 2.75) is 72.4 Å². The molecule has 0 aromatic rings. The van der Waals surface area contributed by atoms with Crippen molar-refractivity contribution in [1.29, 1.82) is 0 Å².